The Morgan fingerprint density at radius 1 is 1.00 bits per heavy atom. The fourth-order valence-corrected chi connectivity index (χ4v) is 3.87. The predicted octanol–water partition coefficient (Wildman–Crippen LogP) is 1.05. The molecule has 2 aliphatic carbocycles. The van der Waals surface area contributed by atoms with Gasteiger partial charge < -0.3 is 25.2 Å². The topological polar surface area (TPSA) is 141 Å². The lowest BCUT2D eigenvalue weighted by Crippen LogP contribution is -2.34. The zero-order valence-corrected chi connectivity index (χ0v) is 14.7. The number of fused-ring (bicyclic) bond motifs is 1. The molecular formula is C20H16O8. The number of aliphatic hydroxyl groups is 2. The molecule has 8 heteroatoms. The molecule has 1 heterocycles. The van der Waals surface area contributed by atoms with Gasteiger partial charge in [0, 0.05) is 34.4 Å². The van der Waals surface area contributed by atoms with Crippen LogP contribution >= 0.6 is 0 Å². The normalized spacial score (nSPS) is 24.7. The van der Waals surface area contributed by atoms with Crippen LogP contribution < -0.4 is 0 Å². The Kier molecular flexibility index (Phi) is 3.99. The number of aliphatic hydroxyl groups excluding tert-OH is 2. The van der Waals surface area contributed by atoms with Crippen LogP contribution in [0.3, 0.4) is 0 Å². The van der Waals surface area contributed by atoms with Gasteiger partial charge in [0.25, 0.3) is 0 Å². The van der Waals surface area contributed by atoms with Gasteiger partial charge in [-0.25, -0.2) is 0 Å². The Labute approximate surface area is 158 Å². The Hall–Kier alpha value is -3.23. The van der Waals surface area contributed by atoms with E-state index in [4.69, 9.17) is 4.74 Å². The van der Waals surface area contributed by atoms with Gasteiger partial charge in [-0.15, -0.1) is 0 Å². The molecule has 0 saturated heterocycles. The van der Waals surface area contributed by atoms with Crippen molar-refractivity contribution in [2.24, 2.45) is 0 Å². The number of phenols is 2. The molecule has 1 unspecified atom stereocenters. The molecule has 0 bridgehead atoms. The van der Waals surface area contributed by atoms with Gasteiger partial charge in [-0.1, -0.05) is 5.57 Å². The summed E-state index contributed by atoms with van der Waals surface area (Å²) in [5.74, 6) is -2.90. The first-order valence-electron chi connectivity index (χ1n) is 8.56. The standard InChI is InChI=1S/C20H16O8/c1-7-2-11(23)17-18(15(7)13-5-9(22)6-14(25)28-13)19(26)10-3-8(21)4-12(24)16(10)20(17)27/h3-5,11,14,21,23-25H,2,6H2,1H3/t11-,14?/m0/s1. The molecule has 1 aromatic rings. The van der Waals surface area contributed by atoms with Crippen LogP contribution in [-0.4, -0.2) is 50.2 Å². The van der Waals surface area contributed by atoms with Crippen molar-refractivity contribution in [2.75, 3.05) is 0 Å². The van der Waals surface area contributed by atoms with Crippen LogP contribution in [0.2, 0.25) is 0 Å². The van der Waals surface area contributed by atoms with Gasteiger partial charge >= 0.3 is 0 Å². The molecule has 0 aromatic heterocycles. The van der Waals surface area contributed by atoms with Gasteiger partial charge in [-0.05, 0) is 19.4 Å². The number of benzene rings is 1. The van der Waals surface area contributed by atoms with Crippen LogP contribution in [0.4, 0.5) is 0 Å². The smallest absolute Gasteiger partial charge is 0.204 e. The number of carbonyl (C=O) groups excluding carboxylic acids is 3. The van der Waals surface area contributed by atoms with Crippen LogP contribution in [0.15, 0.2) is 46.3 Å². The van der Waals surface area contributed by atoms with Crippen molar-refractivity contribution in [3.63, 3.8) is 0 Å². The highest BCUT2D eigenvalue weighted by Gasteiger charge is 2.43. The van der Waals surface area contributed by atoms with Gasteiger partial charge in [-0.2, -0.15) is 0 Å². The van der Waals surface area contributed by atoms with Gasteiger partial charge in [0.1, 0.15) is 17.3 Å². The zero-order chi connectivity index (χ0) is 20.3. The number of hydrogen-bond donors (Lipinski definition) is 4. The number of hydrogen-bond acceptors (Lipinski definition) is 8. The first-order valence-corrected chi connectivity index (χ1v) is 8.56. The summed E-state index contributed by atoms with van der Waals surface area (Å²) in [7, 11) is 0. The molecule has 8 nitrogen and oxygen atoms in total. The summed E-state index contributed by atoms with van der Waals surface area (Å²) in [6.45, 7) is 1.62. The minimum absolute atomic E-state index is 0.00630. The van der Waals surface area contributed by atoms with Gasteiger partial charge in [0.2, 0.25) is 6.29 Å². The van der Waals surface area contributed by atoms with Crippen LogP contribution in [0.25, 0.3) is 0 Å². The fourth-order valence-electron chi connectivity index (χ4n) is 3.87. The van der Waals surface area contributed by atoms with Gasteiger partial charge in [-0.3, -0.25) is 14.4 Å². The SMILES string of the molecule is CC1=C(C2=CC(=O)CC(O)O2)C2=C(C(=O)c3c(O)cc(O)cc3C2=O)[C@@H](O)C1. The van der Waals surface area contributed by atoms with E-state index in [9.17, 15) is 34.8 Å². The third kappa shape index (κ3) is 2.57. The first-order chi connectivity index (χ1) is 13.2. The zero-order valence-electron chi connectivity index (χ0n) is 14.7. The number of rotatable bonds is 1. The van der Waals surface area contributed by atoms with E-state index in [-0.39, 0.29) is 46.4 Å². The number of allylic oxidation sites excluding steroid dienone is 2. The Balaban J connectivity index is 1.97. The van der Waals surface area contributed by atoms with E-state index >= 15 is 0 Å². The molecule has 1 aliphatic heterocycles. The largest absolute Gasteiger partial charge is 0.508 e. The van der Waals surface area contributed by atoms with E-state index in [1.165, 1.54) is 0 Å². The minimum atomic E-state index is -1.39. The molecule has 0 amide bonds. The van der Waals surface area contributed by atoms with E-state index < -0.39 is 41.2 Å². The first kappa shape index (κ1) is 18.1. The van der Waals surface area contributed by atoms with E-state index in [0.29, 0.717) is 5.57 Å². The monoisotopic (exact) mass is 384 g/mol. The lowest BCUT2D eigenvalue weighted by atomic mass is 9.72. The third-order valence-electron chi connectivity index (χ3n) is 5.00. The highest BCUT2D eigenvalue weighted by atomic mass is 16.6. The molecular weight excluding hydrogens is 368 g/mol. The Morgan fingerprint density at radius 2 is 1.71 bits per heavy atom. The Morgan fingerprint density at radius 3 is 2.39 bits per heavy atom. The summed E-state index contributed by atoms with van der Waals surface area (Å²) in [5, 5.41) is 40.1. The fraction of sp³-hybridized carbons (Fsp3) is 0.250. The maximum atomic E-state index is 13.2. The average Bonchev–Trinajstić information content (AvgIpc) is 2.57. The summed E-state index contributed by atoms with van der Waals surface area (Å²) in [5.41, 5.74) is -0.242. The molecule has 0 spiro atoms. The minimum Gasteiger partial charge on any atom is -0.508 e. The van der Waals surface area contributed by atoms with E-state index in [0.717, 1.165) is 18.2 Å². The summed E-state index contributed by atoms with van der Waals surface area (Å²) < 4.78 is 5.33. The molecule has 4 rings (SSSR count). The van der Waals surface area contributed by atoms with Crippen LogP contribution in [0, 0.1) is 0 Å². The second-order valence-electron chi connectivity index (χ2n) is 6.96. The molecule has 0 fully saturated rings. The molecule has 4 N–H and O–H groups in total. The van der Waals surface area contributed by atoms with Crippen molar-refractivity contribution in [3.05, 3.63) is 57.4 Å². The van der Waals surface area contributed by atoms with E-state index in [2.05, 4.69) is 0 Å². The van der Waals surface area contributed by atoms with Crippen LogP contribution in [-0.2, 0) is 9.53 Å². The number of phenolic OH excluding ortho intramolecular Hbond substituents is 2. The van der Waals surface area contributed by atoms with Crippen molar-refractivity contribution in [2.45, 2.75) is 32.2 Å². The second-order valence-corrected chi connectivity index (χ2v) is 6.96. The lowest BCUT2D eigenvalue weighted by Gasteiger charge is -2.33. The number of carbonyl (C=O) groups is 3. The molecule has 144 valence electrons. The number of Topliss-reactive ketones (excluding diaryl/α,β-unsaturated/α-hetero) is 2. The summed E-state index contributed by atoms with van der Waals surface area (Å²) >= 11 is 0. The molecule has 1 aromatic carbocycles. The number of ketones is 3. The quantitative estimate of drug-likeness (QED) is 0.563. The molecule has 28 heavy (non-hydrogen) atoms. The molecule has 3 aliphatic rings. The Bertz CT molecular complexity index is 1060. The van der Waals surface area contributed by atoms with Crippen molar-refractivity contribution in [1.82, 2.24) is 0 Å². The summed E-state index contributed by atoms with van der Waals surface area (Å²) in [6, 6.07) is 2.00. The van der Waals surface area contributed by atoms with E-state index in [1.807, 2.05) is 0 Å². The summed E-state index contributed by atoms with van der Waals surface area (Å²) in [6.07, 6.45) is -1.77. The highest BCUT2D eigenvalue weighted by Crippen LogP contribution is 2.44. The molecule has 0 saturated carbocycles. The van der Waals surface area contributed by atoms with Crippen molar-refractivity contribution < 1.29 is 39.5 Å². The van der Waals surface area contributed by atoms with Gasteiger partial charge in [0.15, 0.2) is 17.3 Å². The third-order valence-corrected chi connectivity index (χ3v) is 5.00. The van der Waals surface area contributed by atoms with E-state index in [1.54, 1.807) is 6.92 Å². The van der Waals surface area contributed by atoms with Crippen LogP contribution in [0.1, 0.15) is 40.5 Å². The maximum Gasteiger partial charge on any atom is 0.204 e. The maximum absolute atomic E-state index is 13.2. The molecule has 0 radical (unpaired) electrons. The summed E-state index contributed by atoms with van der Waals surface area (Å²) in [4.78, 5) is 38.1. The predicted molar refractivity (Wildman–Crippen MR) is 93.6 cm³/mol. The number of aromatic hydroxyl groups is 2. The van der Waals surface area contributed by atoms with Gasteiger partial charge in [0.05, 0.1) is 18.1 Å². The van der Waals surface area contributed by atoms with Crippen molar-refractivity contribution in [3.8, 4) is 11.5 Å². The van der Waals surface area contributed by atoms with Crippen LogP contribution in [0.5, 0.6) is 11.5 Å². The average molecular weight is 384 g/mol. The highest BCUT2D eigenvalue weighted by molar-refractivity contribution is 6.30. The number of ether oxygens (including phenoxy) is 1. The van der Waals surface area contributed by atoms with Crippen molar-refractivity contribution >= 4 is 17.3 Å². The van der Waals surface area contributed by atoms with Crippen molar-refractivity contribution in [1.29, 1.82) is 0 Å². The lowest BCUT2D eigenvalue weighted by molar-refractivity contribution is -0.129. The second kappa shape index (κ2) is 6.15. The molecule has 2 atom stereocenters.